The molecular formula is C6H2F2IO-. The molecule has 0 aliphatic carbocycles. The Labute approximate surface area is 69.8 Å². The molecule has 1 rings (SSSR count). The highest BCUT2D eigenvalue weighted by Crippen LogP contribution is 2.20. The van der Waals surface area contributed by atoms with Gasteiger partial charge >= 0.3 is 0 Å². The van der Waals surface area contributed by atoms with Gasteiger partial charge in [-0.2, -0.15) is 0 Å². The van der Waals surface area contributed by atoms with Crippen LogP contribution in [-0.4, -0.2) is 0 Å². The van der Waals surface area contributed by atoms with Crippen molar-refractivity contribution in [3.05, 3.63) is 27.3 Å². The molecule has 0 amide bonds. The van der Waals surface area contributed by atoms with Crippen LogP contribution >= 0.6 is 22.6 Å². The Morgan fingerprint density at radius 3 is 2.40 bits per heavy atom. The highest BCUT2D eigenvalue weighted by Gasteiger charge is 2.01. The van der Waals surface area contributed by atoms with Crippen molar-refractivity contribution in [3.8, 4) is 5.75 Å². The van der Waals surface area contributed by atoms with Crippen LogP contribution in [0.15, 0.2) is 12.1 Å². The first-order valence-electron chi connectivity index (χ1n) is 2.43. The average Bonchev–Trinajstić information content (AvgIpc) is 1.93. The Kier molecular flexibility index (Phi) is 2.08. The van der Waals surface area contributed by atoms with Gasteiger partial charge in [0.05, 0.1) is 0 Å². The average molecular weight is 255 g/mol. The van der Waals surface area contributed by atoms with Gasteiger partial charge in [-0.25, -0.2) is 8.78 Å². The van der Waals surface area contributed by atoms with E-state index in [1.165, 1.54) is 6.07 Å². The monoisotopic (exact) mass is 255 g/mol. The Hall–Kier alpha value is -0.390. The van der Waals surface area contributed by atoms with Crippen LogP contribution in [0.3, 0.4) is 0 Å². The van der Waals surface area contributed by atoms with Gasteiger partial charge in [0.25, 0.3) is 0 Å². The fourth-order valence-electron chi connectivity index (χ4n) is 0.508. The van der Waals surface area contributed by atoms with E-state index in [1.54, 1.807) is 22.6 Å². The van der Waals surface area contributed by atoms with Crippen LogP contribution in [0.25, 0.3) is 0 Å². The molecule has 0 aromatic heterocycles. The van der Waals surface area contributed by atoms with Crippen LogP contribution in [0, 0.1) is 15.2 Å². The minimum atomic E-state index is -1.16. The van der Waals surface area contributed by atoms with Crippen molar-refractivity contribution in [1.82, 2.24) is 0 Å². The smallest absolute Gasteiger partial charge is 0.131 e. The van der Waals surface area contributed by atoms with Gasteiger partial charge in [-0.05, 0) is 40.5 Å². The molecule has 1 aromatic rings. The molecule has 0 bridgehead atoms. The Morgan fingerprint density at radius 1 is 1.30 bits per heavy atom. The third-order valence-corrected chi connectivity index (χ3v) is 1.84. The number of rotatable bonds is 0. The van der Waals surface area contributed by atoms with Crippen molar-refractivity contribution in [2.75, 3.05) is 0 Å². The van der Waals surface area contributed by atoms with Crippen LogP contribution in [0.4, 0.5) is 8.78 Å². The van der Waals surface area contributed by atoms with Crippen molar-refractivity contribution in [1.29, 1.82) is 0 Å². The van der Waals surface area contributed by atoms with E-state index < -0.39 is 17.4 Å². The predicted molar refractivity (Wildman–Crippen MR) is 38.5 cm³/mol. The fraction of sp³-hybridized carbons (Fsp3) is 0. The summed E-state index contributed by atoms with van der Waals surface area (Å²) in [7, 11) is 0. The number of hydrogen-bond acceptors (Lipinski definition) is 1. The van der Waals surface area contributed by atoms with Gasteiger partial charge in [0.1, 0.15) is 11.6 Å². The summed E-state index contributed by atoms with van der Waals surface area (Å²) in [6, 6.07) is 2.17. The van der Waals surface area contributed by atoms with Crippen molar-refractivity contribution in [3.63, 3.8) is 0 Å². The maximum atomic E-state index is 12.4. The zero-order valence-corrected chi connectivity index (χ0v) is 6.85. The second kappa shape index (κ2) is 2.69. The van der Waals surface area contributed by atoms with Gasteiger partial charge in [0, 0.05) is 3.57 Å². The van der Waals surface area contributed by atoms with Crippen molar-refractivity contribution in [2.24, 2.45) is 0 Å². The molecule has 0 heterocycles. The second-order valence-corrected chi connectivity index (χ2v) is 2.83. The Morgan fingerprint density at radius 2 is 1.90 bits per heavy atom. The molecule has 0 saturated carbocycles. The van der Waals surface area contributed by atoms with E-state index in [0.29, 0.717) is 0 Å². The lowest BCUT2D eigenvalue weighted by Crippen LogP contribution is -1.99. The maximum Gasteiger partial charge on any atom is 0.131 e. The lowest BCUT2D eigenvalue weighted by molar-refractivity contribution is -0.276. The molecule has 1 aromatic carbocycles. The summed E-state index contributed by atoms with van der Waals surface area (Å²) < 4.78 is 24.8. The lowest BCUT2D eigenvalue weighted by Gasteiger charge is -2.08. The van der Waals surface area contributed by atoms with Gasteiger partial charge in [-0.1, -0.05) is 0 Å². The topological polar surface area (TPSA) is 23.1 Å². The molecule has 0 N–H and O–H groups in total. The third kappa shape index (κ3) is 1.21. The standard InChI is InChI=1S/C6H3F2IO/c7-3-1-2-4(9)5(8)6(3)10/h1-2,10H/p-1. The molecule has 1 nitrogen and oxygen atoms in total. The first-order chi connectivity index (χ1) is 4.63. The molecule has 0 radical (unpaired) electrons. The van der Waals surface area contributed by atoms with E-state index in [4.69, 9.17) is 0 Å². The highest BCUT2D eigenvalue weighted by molar-refractivity contribution is 14.1. The molecule has 0 aliphatic rings. The first kappa shape index (κ1) is 7.71. The summed E-state index contributed by atoms with van der Waals surface area (Å²) in [4.78, 5) is 0. The number of hydrogen-bond donors (Lipinski definition) is 0. The summed E-state index contributed by atoms with van der Waals surface area (Å²) >= 11 is 1.62. The van der Waals surface area contributed by atoms with Crippen LogP contribution in [0.2, 0.25) is 0 Å². The van der Waals surface area contributed by atoms with E-state index in [0.717, 1.165) is 6.07 Å². The minimum absolute atomic E-state index is 0.143. The Bertz CT molecular complexity index is 235. The van der Waals surface area contributed by atoms with Gasteiger partial charge < -0.3 is 5.11 Å². The SMILES string of the molecule is [O-]c1c(F)ccc(I)c1F. The van der Waals surface area contributed by atoms with Crippen molar-refractivity contribution < 1.29 is 13.9 Å². The largest absolute Gasteiger partial charge is 0.868 e. The third-order valence-electron chi connectivity index (χ3n) is 1.00. The van der Waals surface area contributed by atoms with Gasteiger partial charge in [0.2, 0.25) is 0 Å². The molecule has 0 saturated heterocycles. The fourth-order valence-corrected chi connectivity index (χ4v) is 0.933. The van der Waals surface area contributed by atoms with Crippen molar-refractivity contribution >= 4 is 22.6 Å². The summed E-state index contributed by atoms with van der Waals surface area (Å²) in [5.41, 5.74) is 0. The molecule has 0 unspecified atom stereocenters. The molecule has 10 heavy (non-hydrogen) atoms. The Balaban J connectivity index is 3.34. The highest BCUT2D eigenvalue weighted by atomic mass is 127. The summed E-state index contributed by atoms with van der Waals surface area (Å²) in [5.74, 6) is -3.22. The zero-order valence-electron chi connectivity index (χ0n) is 4.70. The molecule has 0 spiro atoms. The molecule has 54 valence electrons. The lowest BCUT2D eigenvalue weighted by atomic mass is 10.3. The minimum Gasteiger partial charge on any atom is -0.868 e. The van der Waals surface area contributed by atoms with Crippen LogP contribution in [0.5, 0.6) is 5.75 Å². The van der Waals surface area contributed by atoms with E-state index in [2.05, 4.69) is 0 Å². The normalized spacial score (nSPS) is 9.90. The van der Waals surface area contributed by atoms with Crippen LogP contribution in [-0.2, 0) is 0 Å². The predicted octanol–water partition coefficient (Wildman–Crippen LogP) is 1.64. The number of benzene rings is 1. The van der Waals surface area contributed by atoms with Crippen LogP contribution in [0.1, 0.15) is 0 Å². The van der Waals surface area contributed by atoms with Crippen LogP contribution < -0.4 is 5.11 Å². The molecule has 0 fully saturated rings. The summed E-state index contributed by atoms with van der Waals surface area (Å²) in [6.45, 7) is 0. The van der Waals surface area contributed by atoms with Crippen molar-refractivity contribution in [2.45, 2.75) is 0 Å². The van der Waals surface area contributed by atoms with Gasteiger partial charge in [0.15, 0.2) is 0 Å². The number of halogens is 3. The molecule has 0 aliphatic heterocycles. The summed E-state index contributed by atoms with van der Waals surface area (Å²) in [6.07, 6.45) is 0. The maximum absolute atomic E-state index is 12.4. The molecule has 4 heteroatoms. The van der Waals surface area contributed by atoms with Gasteiger partial charge in [-0.15, -0.1) is 0 Å². The molecular weight excluding hydrogens is 253 g/mol. The summed E-state index contributed by atoms with van der Waals surface area (Å²) in [5, 5.41) is 10.4. The second-order valence-electron chi connectivity index (χ2n) is 1.67. The molecule has 0 atom stereocenters. The van der Waals surface area contributed by atoms with E-state index >= 15 is 0 Å². The van der Waals surface area contributed by atoms with Gasteiger partial charge in [-0.3, -0.25) is 0 Å². The van der Waals surface area contributed by atoms with E-state index in [1.807, 2.05) is 0 Å². The first-order valence-corrected chi connectivity index (χ1v) is 3.51. The van der Waals surface area contributed by atoms with E-state index in [-0.39, 0.29) is 3.57 Å². The van der Waals surface area contributed by atoms with E-state index in [9.17, 15) is 13.9 Å². The quantitative estimate of drug-likeness (QED) is 0.510. The zero-order chi connectivity index (χ0) is 7.72.